The molecule has 0 N–H and O–H groups in total. The van der Waals surface area contributed by atoms with E-state index in [0.717, 1.165) is 29.7 Å². The fourth-order valence-electron chi connectivity index (χ4n) is 2.28. The highest BCUT2D eigenvalue weighted by molar-refractivity contribution is 6.01. The summed E-state index contributed by atoms with van der Waals surface area (Å²) in [5, 5.41) is 4.04. The number of ether oxygens (including phenoxy) is 1. The molecule has 0 aromatic heterocycles. The maximum absolute atomic E-state index is 12.0. The van der Waals surface area contributed by atoms with Crippen molar-refractivity contribution in [2.45, 2.75) is 26.7 Å². The minimum atomic E-state index is -0.472. The molecule has 1 aliphatic rings. The SMILES string of the molecule is C=C(C)C1CC=C(C)/C(=N/OC(=O)c2ccc(OC)cc2)C1. The highest BCUT2D eigenvalue weighted by atomic mass is 16.7. The van der Waals surface area contributed by atoms with Gasteiger partial charge in [-0.1, -0.05) is 23.4 Å². The molecule has 0 aliphatic heterocycles. The third kappa shape index (κ3) is 3.85. The van der Waals surface area contributed by atoms with E-state index in [2.05, 4.69) is 17.8 Å². The van der Waals surface area contributed by atoms with Gasteiger partial charge in [-0.3, -0.25) is 0 Å². The van der Waals surface area contributed by atoms with E-state index in [-0.39, 0.29) is 0 Å². The molecule has 0 radical (unpaired) electrons. The summed E-state index contributed by atoms with van der Waals surface area (Å²) in [5.41, 5.74) is 3.43. The van der Waals surface area contributed by atoms with Gasteiger partial charge in [-0.2, -0.15) is 0 Å². The number of carbonyl (C=O) groups excluding carboxylic acids is 1. The lowest BCUT2D eigenvalue weighted by Crippen LogP contribution is -2.16. The van der Waals surface area contributed by atoms with Crippen molar-refractivity contribution in [2.75, 3.05) is 7.11 Å². The number of methoxy groups -OCH3 is 1. The van der Waals surface area contributed by atoms with Gasteiger partial charge in [0.2, 0.25) is 0 Å². The van der Waals surface area contributed by atoms with E-state index in [4.69, 9.17) is 9.57 Å². The predicted octanol–water partition coefficient (Wildman–Crippen LogP) is 4.14. The van der Waals surface area contributed by atoms with Crippen LogP contribution in [-0.4, -0.2) is 18.8 Å². The van der Waals surface area contributed by atoms with Crippen molar-refractivity contribution in [1.82, 2.24) is 0 Å². The molecule has 1 aliphatic carbocycles. The molecule has 0 heterocycles. The third-order valence-corrected chi connectivity index (χ3v) is 3.86. The van der Waals surface area contributed by atoms with Crippen molar-refractivity contribution in [3.05, 3.63) is 53.6 Å². The first kappa shape index (κ1) is 16.0. The van der Waals surface area contributed by atoms with Crippen LogP contribution in [0, 0.1) is 5.92 Å². The molecule has 1 atom stereocenters. The molecule has 0 fully saturated rings. The summed E-state index contributed by atoms with van der Waals surface area (Å²) in [6.07, 6.45) is 3.84. The van der Waals surface area contributed by atoms with Crippen molar-refractivity contribution >= 4 is 11.7 Å². The topological polar surface area (TPSA) is 47.9 Å². The van der Waals surface area contributed by atoms with Crippen LogP contribution in [0.15, 0.2) is 53.2 Å². The van der Waals surface area contributed by atoms with Crippen molar-refractivity contribution in [3.8, 4) is 5.75 Å². The zero-order valence-corrected chi connectivity index (χ0v) is 13.3. The van der Waals surface area contributed by atoms with Gasteiger partial charge in [0.15, 0.2) is 0 Å². The maximum Gasteiger partial charge on any atom is 0.365 e. The first-order valence-corrected chi connectivity index (χ1v) is 7.26. The predicted molar refractivity (Wildman–Crippen MR) is 87.1 cm³/mol. The first-order chi connectivity index (χ1) is 10.5. The summed E-state index contributed by atoms with van der Waals surface area (Å²) in [4.78, 5) is 17.1. The number of carbonyl (C=O) groups is 1. The van der Waals surface area contributed by atoms with Crippen molar-refractivity contribution in [2.24, 2.45) is 11.1 Å². The lowest BCUT2D eigenvalue weighted by Gasteiger charge is -2.21. The van der Waals surface area contributed by atoms with E-state index < -0.39 is 5.97 Å². The zero-order valence-electron chi connectivity index (χ0n) is 13.3. The van der Waals surface area contributed by atoms with Crippen molar-refractivity contribution < 1.29 is 14.4 Å². The summed E-state index contributed by atoms with van der Waals surface area (Å²) in [6, 6.07) is 6.74. The molecule has 116 valence electrons. The number of oxime groups is 1. The molecule has 1 aromatic rings. The van der Waals surface area contributed by atoms with Gasteiger partial charge in [0.1, 0.15) is 5.75 Å². The Morgan fingerprint density at radius 1 is 1.32 bits per heavy atom. The molecule has 0 saturated heterocycles. The molecule has 0 saturated carbocycles. The minimum absolute atomic E-state index is 0.363. The monoisotopic (exact) mass is 299 g/mol. The average molecular weight is 299 g/mol. The summed E-state index contributed by atoms with van der Waals surface area (Å²) >= 11 is 0. The lowest BCUT2D eigenvalue weighted by atomic mass is 9.85. The molecule has 0 amide bonds. The fourth-order valence-corrected chi connectivity index (χ4v) is 2.28. The molecule has 22 heavy (non-hydrogen) atoms. The summed E-state index contributed by atoms with van der Waals surface area (Å²) in [6.45, 7) is 7.99. The molecule has 2 rings (SSSR count). The van der Waals surface area contributed by atoms with Crippen LogP contribution < -0.4 is 4.74 Å². The van der Waals surface area contributed by atoms with E-state index in [0.29, 0.717) is 17.2 Å². The molecule has 1 unspecified atom stereocenters. The minimum Gasteiger partial charge on any atom is -0.497 e. The highest BCUT2D eigenvalue weighted by Gasteiger charge is 2.19. The van der Waals surface area contributed by atoms with Crippen LogP contribution in [0.25, 0.3) is 0 Å². The molecule has 4 heteroatoms. The van der Waals surface area contributed by atoms with Gasteiger partial charge in [-0.05, 0) is 56.0 Å². The zero-order chi connectivity index (χ0) is 16.1. The Hall–Kier alpha value is -2.36. The van der Waals surface area contributed by atoms with Crippen molar-refractivity contribution in [3.63, 3.8) is 0 Å². The molecule has 0 bridgehead atoms. The van der Waals surface area contributed by atoms with E-state index in [9.17, 15) is 4.79 Å². The van der Waals surface area contributed by atoms with Gasteiger partial charge in [0.05, 0.1) is 18.4 Å². The fraction of sp³-hybridized carbons (Fsp3) is 0.333. The van der Waals surface area contributed by atoms with Gasteiger partial charge >= 0.3 is 5.97 Å². The normalized spacial score (nSPS) is 19.5. The van der Waals surface area contributed by atoms with Crippen LogP contribution in [0.4, 0.5) is 0 Å². The standard InChI is InChI=1S/C18H21NO3/c1-12(2)15-6-5-13(3)17(11-15)19-22-18(20)14-7-9-16(21-4)10-8-14/h5,7-10,15H,1,6,11H2,2-4H3/b19-17+. The van der Waals surface area contributed by atoms with Gasteiger partial charge in [0.25, 0.3) is 0 Å². The van der Waals surface area contributed by atoms with E-state index >= 15 is 0 Å². The Kier molecular flexibility index (Phi) is 5.15. The average Bonchev–Trinajstić information content (AvgIpc) is 2.53. The molecular formula is C18H21NO3. The third-order valence-electron chi connectivity index (χ3n) is 3.86. The Morgan fingerprint density at radius 2 is 2.00 bits per heavy atom. The van der Waals surface area contributed by atoms with Gasteiger partial charge in [-0.15, -0.1) is 0 Å². The van der Waals surface area contributed by atoms with E-state index in [1.54, 1.807) is 31.4 Å². The van der Waals surface area contributed by atoms with Crippen LogP contribution in [0.1, 0.15) is 37.0 Å². The molecule has 1 aromatic carbocycles. The number of benzene rings is 1. The van der Waals surface area contributed by atoms with Gasteiger partial charge < -0.3 is 9.57 Å². The van der Waals surface area contributed by atoms with E-state index in [1.165, 1.54) is 0 Å². The van der Waals surface area contributed by atoms with Crippen molar-refractivity contribution in [1.29, 1.82) is 0 Å². The number of nitrogens with zero attached hydrogens (tertiary/aromatic N) is 1. The maximum atomic E-state index is 12.0. The summed E-state index contributed by atoms with van der Waals surface area (Å²) in [5.74, 6) is 0.584. The molecular weight excluding hydrogens is 278 g/mol. The Bertz CT molecular complexity index is 626. The Labute approximate surface area is 131 Å². The van der Waals surface area contributed by atoms with Crippen LogP contribution in [0.5, 0.6) is 5.75 Å². The number of hydrogen-bond acceptors (Lipinski definition) is 4. The van der Waals surface area contributed by atoms with Crippen LogP contribution in [-0.2, 0) is 4.84 Å². The first-order valence-electron chi connectivity index (χ1n) is 7.26. The lowest BCUT2D eigenvalue weighted by molar-refractivity contribution is 0.0515. The Balaban J connectivity index is 2.06. The number of rotatable bonds is 4. The highest BCUT2D eigenvalue weighted by Crippen LogP contribution is 2.26. The second-order valence-corrected chi connectivity index (χ2v) is 5.52. The molecule has 4 nitrogen and oxygen atoms in total. The van der Waals surface area contributed by atoms with Crippen LogP contribution in [0.2, 0.25) is 0 Å². The second-order valence-electron chi connectivity index (χ2n) is 5.52. The van der Waals surface area contributed by atoms with Gasteiger partial charge in [0, 0.05) is 6.42 Å². The summed E-state index contributed by atoms with van der Waals surface area (Å²) < 4.78 is 5.06. The number of hydrogen-bond donors (Lipinski definition) is 0. The van der Waals surface area contributed by atoms with E-state index in [1.807, 2.05) is 13.8 Å². The van der Waals surface area contributed by atoms with Crippen LogP contribution in [0.3, 0.4) is 0 Å². The van der Waals surface area contributed by atoms with Crippen LogP contribution >= 0.6 is 0 Å². The second kappa shape index (κ2) is 7.07. The quantitative estimate of drug-likeness (QED) is 0.477. The molecule has 0 spiro atoms. The summed E-state index contributed by atoms with van der Waals surface area (Å²) in [7, 11) is 1.58. The largest absolute Gasteiger partial charge is 0.497 e. The number of allylic oxidation sites excluding steroid dienone is 3. The van der Waals surface area contributed by atoms with Gasteiger partial charge in [-0.25, -0.2) is 4.79 Å². The Morgan fingerprint density at radius 3 is 2.59 bits per heavy atom. The smallest absolute Gasteiger partial charge is 0.365 e.